The van der Waals surface area contributed by atoms with E-state index in [0.717, 1.165) is 0 Å². The van der Waals surface area contributed by atoms with Gasteiger partial charge in [0.25, 0.3) is 0 Å². The second-order valence-corrected chi connectivity index (χ2v) is 4.32. The smallest absolute Gasteiger partial charge is 0.326 e. The molecule has 0 fully saturated rings. The van der Waals surface area contributed by atoms with E-state index in [4.69, 9.17) is 0 Å². The zero-order chi connectivity index (χ0) is 13.4. The molecule has 0 aliphatic rings. The highest BCUT2D eigenvalue weighted by molar-refractivity contribution is 5.81. The van der Waals surface area contributed by atoms with Crippen LogP contribution in [0.15, 0.2) is 47.3 Å². The van der Waals surface area contributed by atoms with Crippen LogP contribution in [-0.2, 0) is 6.54 Å². The van der Waals surface area contributed by atoms with E-state index in [1.54, 1.807) is 24.3 Å². The van der Waals surface area contributed by atoms with Crippen LogP contribution >= 0.6 is 0 Å². The van der Waals surface area contributed by atoms with Gasteiger partial charge in [0, 0.05) is 0 Å². The van der Waals surface area contributed by atoms with Gasteiger partial charge in [-0.05, 0) is 29.8 Å². The van der Waals surface area contributed by atoms with Crippen LogP contribution in [0.5, 0.6) is 5.75 Å². The van der Waals surface area contributed by atoms with Crippen LogP contribution in [0.4, 0.5) is 4.39 Å². The van der Waals surface area contributed by atoms with Crippen LogP contribution in [0.1, 0.15) is 5.56 Å². The van der Waals surface area contributed by atoms with Crippen molar-refractivity contribution in [2.45, 2.75) is 6.54 Å². The Balaban J connectivity index is 2.15. The largest absolute Gasteiger partial charge is 0.506 e. The predicted molar refractivity (Wildman–Crippen MR) is 69.7 cm³/mol. The van der Waals surface area contributed by atoms with Gasteiger partial charge in [-0.15, -0.1) is 0 Å². The third-order valence-electron chi connectivity index (χ3n) is 3.00. The van der Waals surface area contributed by atoms with Gasteiger partial charge in [-0.2, -0.15) is 0 Å². The average Bonchev–Trinajstić information content (AvgIpc) is 2.67. The van der Waals surface area contributed by atoms with Crippen LogP contribution in [-0.4, -0.2) is 14.7 Å². The number of H-pyrrole nitrogens is 1. The lowest BCUT2D eigenvalue weighted by Gasteiger charge is -2.05. The molecule has 2 aromatic carbocycles. The van der Waals surface area contributed by atoms with E-state index in [1.807, 2.05) is 0 Å². The van der Waals surface area contributed by atoms with Crippen molar-refractivity contribution in [2.24, 2.45) is 0 Å². The highest BCUT2D eigenvalue weighted by Crippen LogP contribution is 2.22. The first-order chi connectivity index (χ1) is 9.15. The molecule has 0 unspecified atom stereocenters. The summed E-state index contributed by atoms with van der Waals surface area (Å²) >= 11 is 0. The fourth-order valence-electron chi connectivity index (χ4n) is 2.17. The molecule has 4 nitrogen and oxygen atoms in total. The normalized spacial score (nSPS) is 11.0. The van der Waals surface area contributed by atoms with Crippen LogP contribution in [0.2, 0.25) is 0 Å². The van der Waals surface area contributed by atoms with E-state index in [2.05, 4.69) is 4.98 Å². The molecule has 5 heteroatoms. The zero-order valence-corrected chi connectivity index (χ0v) is 9.93. The van der Waals surface area contributed by atoms with Crippen molar-refractivity contribution in [2.75, 3.05) is 0 Å². The number of para-hydroxylation sites is 1. The summed E-state index contributed by atoms with van der Waals surface area (Å²) in [5.74, 6) is -0.332. The number of hydrogen-bond donors (Lipinski definition) is 2. The first-order valence-electron chi connectivity index (χ1n) is 5.80. The molecule has 3 rings (SSSR count). The second-order valence-electron chi connectivity index (χ2n) is 4.32. The number of imidazole rings is 1. The third kappa shape index (κ3) is 1.99. The molecule has 0 bridgehead atoms. The minimum Gasteiger partial charge on any atom is -0.506 e. The van der Waals surface area contributed by atoms with Crippen molar-refractivity contribution in [1.82, 2.24) is 9.55 Å². The lowest BCUT2D eigenvalue weighted by atomic mass is 10.2. The number of halogens is 1. The molecule has 0 spiro atoms. The van der Waals surface area contributed by atoms with Crippen LogP contribution in [0.25, 0.3) is 11.0 Å². The summed E-state index contributed by atoms with van der Waals surface area (Å²) in [4.78, 5) is 14.5. The second kappa shape index (κ2) is 4.28. The molecule has 0 atom stereocenters. The number of phenolic OH excluding ortho intramolecular Hbond substituents is 1. The van der Waals surface area contributed by atoms with Gasteiger partial charge in [-0.1, -0.05) is 18.2 Å². The molecule has 3 aromatic rings. The van der Waals surface area contributed by atoms with Gasteiger partial charge >= 0.3 is 5.69 Å². The van der Waals surface area contributed by atoms with Gasteiger partial charge in [0.15, 0.2) is 0 Å². The average molecular weight is 258 g/mol. The molecular formula is C14H11FN2O2. The van der Waals surface area contributed by atoms with Gasteiger partial charge in [-0.25, -0.2) is 9.18 Å². The van der Waals surface area contributed by atoms with Crippen molar-refractivity contribution in [3.63, 3.8) is 0 Å². The van der Waals surface area contributed by atoms with E-state index in [9.17, 15) is 14.3 Å². The maximum Gasteiger partial charge on any atom is 0.326 e. The molecule has 1 heterocycles. The number of benzene rings is 2. The molecule has 1 aromatic heterocycles. The number of aromatic amines is 1. The summed E-state index contributed by atoms with van der Waals surface area (Å²) in [5.41, 5.74) is 1.31. The maximum atomic E-state index is 13.1. The number of hydrogen-bond acceptors (Lipinski definition) is 2. The number of aromatic nitrogens is 2. The minimum absolute atomic E-state index is 0.0206. The van der Waals surface area contributed by atoms with E-state index >= 15 is 0 Å². The summed E-state index contributed by atoms with van der Waals surface area (Å²) in [6, 6.07) is 10.9. The summed E-state index contributed by atoms with van der Waals surface area (Å²) in [5, 5.41) is 9.84. The number of aromatic hydroxyl groups is 1. The quantitative estimate of drug-likeness (QED) is 0.740. The van der Waals surface area contributed by atoms with E-state index in [-0.39, 0.29) is 23.8 Å². The summed E-state index contributed by atoms with van der Waals surface area (Å²) in [7, 11) is 0. The lowest BCUT2D eigenvalue weighted by molar-refractivity contribution is 0.478. The Hall–Kier alpha value is -2.56. The molecule has 2 N–H and O–H groups in total. The Morgan fingerprint density at radius 3 is 2.79 bits per heavy atom. The fraction of sp³-hybridized carbons (Fsp3) is 0.0714. The Bertz CT molecular complexity index is 805. The van der Waals surface area contributed by atoms with Crippen molar-refractivity contribution in [3.05, 3.63) is 64.3 Å². The van der Waals surface area contributed by atoms with Gasteiger partial charge < -0.3 is 10.1 Å². The number of fused-ring (bicyclic) bond motifs is 1. The molecule has 0 aliphatic heterocycles. The fourth-order valence-corrected chi connectivity index (χ4v) is 2.17. The van der Waals surface area contributed by atoms with Crippen molar-refractivity contribution in [1.29, 1.82) is 0 Å². The van der Waals surface area contributed by atoms with Crippen LogP contribution in [0, 0.1) is 5.82 Å². The number of rotatable bonds is 2. The number of nitrogens with zero attached hydrogens (tertiary/aromatic N) is 1. The Kier molecular flexibility index (Phi) is 2.59. The Labute approximate surface area is 107 Å². The zero-order valence-electron chi connectivity index (χ0n) is 9.93. The lowest BCUT2D eigenvalue weighted by Crippen LogP contribution is -2.17. The van der Waals surface area contributed by atoms with Gasteiger partial charge in [0.2, 0.25) is 0 Å². The molecule has 0 saturated heterocycles. The monoisotopic (exact) mass is 258 g/mol. The van der Waals surface area contributed by atoms with Crippen molar-refractivity contribution >= 4 is 11.0 Å². The number of phenols is 1. The molecule has 0 saturated carbocycles. The topological polar surface area (TPSA) is 58.0 Å². The van der Waals surface area contributed by atoms with E-state index in [1.165, 1.54) is 22.8 Å². The molecule has 0 radical (unpaired) electrons. The summed E-state index contributed by atoms with van der Waals surface area (Å²) in [6.45, 7) is 0.203. The van der Waals surface area contributed by atoms with Crippen LogP contribution in [0.3, 0.4) is 0 Å². The molecule has 19 heavy (non-hydrogen) atoms. The predicted octanol–water partition coefficient (Wildman–Crippen LogP) is 2.22. The van der Waals surface area contributed by atoms with Crippen molar-refractivity contribution < 1.29 is 9.50 Å². The van der Waals surface area contributed by atoms with Crippen molar-refractivity contribution in [3.8, 4) is 5.75 Å². The summed E-state index contributed by atoms with van der Waals surface area (Å²) in [6.07, 6.45) is 0. The Morgan fingerprint density at radius 1 is 1.21 bits per heavy atom. The summed E-state index contributed by atoms with van der Waals surface area (Å²) < 4.78 is 14.5. The maximum absolute atomic E-state index is 13.1. The molecule has 0 amide bonds. The van der Waals surface area contributed by atoms with Gasteiger partial charge in [-0.3, -0.25) is 4.57 Å². The molecule has 0 aliphatic carbocycles. The minimum atomic E-state index is -0.352. The van der Waals surface area contributed by atoms with Gasteiger partial charge in [0.1, 0.15) is 17.1 Å². The van der Waals surface area contributed by atoms with E-state index in [0.29, 0.717) is 16.6 Å². The Morgan fingerprint density at radius 2 is 2.00 bits per heavy atom. The first-order valence-corrected chi connectivity index (χ1v) is 5.80. The standard InChI is InChI=1S/C14H11FN2O2/c15-10-4-1-3-9(7-10)8-17-13-11(16-14(17)19)5-2-6-12(13)18/h1-7,18H,8H2,(H,16,19). The molecule has 96 valence electrons. The number of nitrogens with one attached hydrogen (secondary N) is 1. The third-order valence-corrected chi connectivity index (χ3v) is 3.00. The SMILES string of the molecule is O=c1[nH]c2cccc(O)c2n1Cc1cccc(F)c1. The molecular weight excluding hydrogens is 247 g/mol. The van der Waals surface area contributed by atoms with Gasteiger partial charge in [0.05, 0.1) is 12.1 Å². The first kappa shape index (κ1) is 11.5. The van der Waals surface area contributed by atoms with E-state index < -0.39 is 0 Å². The highest BCUT2D eigenvalue weighted by Gasteiger charge is 2.10. The van der Waals surface area contributed by atoms with Crippen LogP contribution < -0.4 is 5.69 Å². The highest BCUT2D eigenvalue weighted by atomic mass is 19.1.